The Morgan fingerprint density at radius 2 is 1.59 bits per heavy atom. The first-order valence-electron chi connectivity index (χ1n) is 9.69. The van der Waals surface area contributed by atoms with E-state index in [4.69, 9.17) is 0 Å². The molecule has 0 heterocycles. The molecule has 0 aliphatic rings. The molecule has 0 bridgehead atoms. The van der Waals surface area contributed by atoms with Crippen molar-refractivity contribution in [2.75, 3.05) is 0 Å². The molecule has 2 aromatic rings. The second kappa shape index (κ2) is 11.6. The average molecular weight is 377 g/mol. The van der Waals surface area contributed by atoms with Crippen molar-refractivity contribution in [1.82, 2.24) is 0 Å². The minimum atomic E-state index is -0.359. The molecule has 0 spiro atoms. The van der Waals surface area contributed by atoms with E-state index < -0.39 is 0 Å². The van der Waals surface area contributed by atoms with E-state index in [1.54, 1.807) is 6.07 Å². The van der Waals surface area contributed by atoms with Crippen LogP contribution in [0.3, 0.4) is 0 Å². The maximum absolute atomic E-state index is 13.1. The Hall–Kier alpha value is -2.03. The van der Waals surface area contributed by atoms with Crippen LogP contribution in [0.1, 0.15) is 76.0 Å². The molecule has 0 saturated heterocycles. The lowest BCUT2D eigenvalue weighted by Crippen LogP contribution is -1.98. The van der Waals surface area contributed by atoms with E-state index in [9.17, 15) is 13.2 Å². The van der Waals surface area contributed by atoms with E-state index in [0.29, 0.717) is 17.9 Å². The Kier molecular flexibility index (Phi) is 9.92. The highest BCUT2D eigenvalue weighted by Crippen LogP contribution is 2.28. The first kappa shape index (κ1) is 23.0. The van der Waals surface area contributed by atoms with Gasteiger partial charge in [-0.15, -0.1) is 0 Å². The summed E-state index contributed by atoms with van der Waals surface area (Å²) in [5, 5.41) is 0. The molecule has 0 radical (unpaired) electrons. The molecule has 0 saturated carbocycles. The summed E-state index contributed by atoms with van der Waals surface area (Å²) in [6.07, 6.45) is 4.80. The minimum absolute atomic E-state index is 0.180. The van der Waals surface area contributed by atoms with Crippen molar-refractivity contribution in [3.63, 3.8) is 0 Å². The van der Waals surface area contributed by atoms with Crippen LogP contribution in [0.25, 0.3) is 5.57 Å². The number of halogens is 3. The van der Waals surface area contributed by atoms with E-state index in [1.165, 1.54) is 23.8 Å². The Morgan fingerprint density at radius 3 is 2.19 bits per heavy atom. The highest BCUT2D eigenvalue weighted by molar-refractivity contribution is 5.65. The van der Waals surface area contributed by atoms with Gasteiger partial charge in [0.05, 0.1) is 0 Å². The van der Waals surface area contributed by atoms with E-state index in [1.807, 2.05) is 19.9 Å². The van der Waals surface area contributed by atoms with Crippen molar-refractivity contribution in [3.8, 4) is 0 Å². The first-order chi connectivity index (χ1) is 12.8. The van der Waals surface area contributed by atoms with E-state index in [0.717, 1.165) is 42.9 Å². The third-order valence-corrected chi connectivity index (χ3v) is 4.54. The first-order valence-corrected chi connectivity index (χ1v) is 9.69. The summed E-state index contributed by atoms with van der Waals surface area (Å²) in [6, 6.07) is 8.60. The molecule has 0 fully saturated rings. The summed E-state index contributed by atoms with van der Waals surface area (Å²) in [6.45, 7) is 12.2. The highest BCUT2D eigenvalue weighted by Gasteiger charge is 2.11. The lowest BCUT2D eigenvalue weighted by Gasteiger charge is -2.16. The number of rotatable bonds is 7. The third-order valence-electron chi connectivity index (χ3n) is 4.54. The van der Waals surface area contributed by atoms with Crippen LogP contribution in [0.4, 0.5) is 13.2 Å². The maximum atomic E-state index is 13.1. The van der Waals surface area contributed by atoms with Gasteiger partial charge in [-0.05, 0) is 79.1 Å². The van der Waals surface area contributed by atoms with Crippen molar-refractivity contribution in [1.29, 1.82) is 0 Å². The molecule has 148 valence electrons. The zero-order valence-corrected chi connectivity index (χ0v) is 16.9. The van der Waals surface area contributed by atoms with Gasteiger partial charge in [0.25, 0.3) is 0 Å². The van der Waals surface area contributed by atoms with Gasteiger partial charge in [-0.2, -0.15) is 0 Å². The van der Waals surface area contributed by atoms with Crippen molar-refractivity contribution < 1.29 is 13.2 Å². The van der Waals surface area contributed by atoms with Crippen LogP contribution in [-0.2, 0) is 6.42 Å². The fourth-order valence-electron chi connectivity index (χ4n) is 3.02. The van der Waals surface area contributed by atoms with Gasteiger partial charge in [-0.3, -0.25) is 0 Å². The summed E-state index contributed by atoms with van der Waals surface area (Å²) < 4.78 is 38.6. The van der Waals surface area contributed by atoms with Crippen LogP contribution in [-0.4, -0.2) is 0 Å². The summed E-state index contributed by atoms with van der Waals surface area (Å²) in [4.78, 5) is 0. The number of hydrogen-bond donors (Lipinski definition) is 0. The Bertz CT molecular complexity index is 734. The molecule has 1 unspecified atom stereocenters. The topological polar surface area (TPSA) is 0 Å². The molecule has 27 heavy (non-hydrogen) atoms. The second-order valence-electron chi connectivity index (χ2n) is 7.04. The van der Waals surface area contributed by atoms with E-state index >= 15 is 0 Å². The number of hydrogen-bond acceptors (Lipinski definition) is 0. The molecule has 2 rings (SSSR count). The van der Waals surface area contributed by atoms with Crippen molar-refractivity contribution in [2.24, 2.45) is 0 Å². The molecule has 3 heteroatoms. The molecule has 0 aromatic heterocycles. The van der Waals surface area contributed by atoms with Crippen LogP contribution < -0.4 is 0 Å². The number of benzene rings is 2. The molecule has 0 amide bonds. The van der Waals surface area contributed by atoms with Gasteiger partial charge in [-0.25, -0.2) is 13.2 Å². The monoisotopic (exact) mass is 376 g/mol. The van der Waals surface area contributed by atoms with Crippen LogP contribution in [0.15, 0.2) is 43.0 Å². The predicted molar refractivity (Wildman–Crippen MR) is 109 cm³/mol. The third kappa shape index (κ3) is 7.62. The molecule has 1 atom stereocenters. The predicted octanol–water partition coefficient (Wildman–Crippen LogP) is 8.07. The van der Waals surface area contributed by atoms with Gasteiger partial charge < -0.3 is 0 Å². The smallest absolute Gasteiger partial charge is 0.126 e. The standard InChI is InChI=1S/C14H19F.C10H12F2/c1-5-6-11(4)13-8-7-12(15)9-14(13)10(2)3;1-2-3-4-8-7-9(11)5-6-10(8)12/h7-9,11H,2,5-6H2,1,3-4H3;5-7H,2-4H2,1H3. The number of unbranched alkanes of at least 4 members (excludes halogenated alkanes) is 1. The largest absolute Gasteiger partial charge is 0.207 e. The SMILES string of the molecule is C=C(C)c1cc(F)ccc1C(C)CCC.CCCCc1cc(F)ccc1F. The average Bonchev–Trinajstić information content (AvgIpc) is 2.63. The lowest BCUT2D eigenvalue weighted by molar-refractivity contribution is 0.580. The van der Waals surface area contributed by atoms with E-state index in [2.05, 4.69) is 20.4 Å². The van der Waals surface area contributed by atoms with Gasteiger partial charge >= 0.3 is 0 Å². The van der Waals surface area contributed by atoms with Crippen LogP contribution in [0.5, 0.6) is 0 Å². The Morgan fingerprint density at radius 1 is 0.963 bits per heavy atom. The molecule has 0 nitrogen and oxygen atoms in total. The van der Waals surface area contributed by atoms with Crippen LogP contribution >= 0.6 is 0 Å². The molecule has 0 N–H and O–H groups in total. The zero-order valence-electron chi connectivity index (χ0n) is 16.9. The van der Waals surface area contributed by atoms with Gasteiger partial charge in [0.15, 0.2) is 0 Å². The Balaban J connectivity index is 0.000000277. The summed E-state index contributed by atoms with van der Waals surface area (Å²) in [5.74, 6) is -0.366. The van der Waals surface area contributed by atoms with Crippen molar-refractivity contribution in [2.45, 2.75) is 65.7 Å². The van der Waals surface area contributed by atoms with Gasteiger partial charge in [0.2, 0.25) is 0 Å². The summed E-state index contributed by atoms with van der Waals surface area (Å²) in [7, 11) is 0. The van der Waals surface area contributed by atoms with Gasteiger partial charge in [0.1, 0.15) is 17.5 Å². The quantitative estimate of drug-likeness (QED) is 0.458. The van der Waals surface area contributed by atoms with Crippen LogP contribution in [0, 0.1) is 17.5 Å². The number of aryl methyl sites for hydroxylation is 1. The summed E-state index contributed by atoms with van der Waals surface area (Å²) in [5.41, 5.74) is 3.60. The molecular formula is C24H31F3. The highest BCUT2D eigenvalue weighted by atomic mass is 19.1. The number of allylic oxidation sites excluding steroid dienone is 1. The van der Waals surface area contributed by atoms with E-state index in [-0.39, 0.29) is 17.5 Å². The normalized spacial score (nSPS) is 11.5. The Labute approximate surface area is 162 Å². The fourth-order valence-corrected chi connectivity index (χ4v) is 3.02. The second-order valence-corrected chi connectivity index (χ2v) is 7.04. The molecule has 0 aliphatic carbocycles. The van der Waals surface area contributed by atoms with Crippen molar-refractivity contribution in [3.05, 3.63) is 77.1 Å². The zero-order chi connectivity index (χ0) is 20.4. The molecule has 0 aliphatic heterocycles. The molecule has 2 aromatic carbocycles. The van der Waals surface area contributed by atoms with Gasteiger partial charge in [0, 0.05) is 0 Å². The lowest BCUT2D eigenvalue weighted by atomic mass is 9.90. The molecular weight excluding hydrogens is 345 g/mol. The van der Waals surface area contributed by atoms with Gasteiger partial charge in [-0.1, -0.05) is 51.8 Å². The summed E-state index contributed by atoms with van der Waals surface area (Å²) >= 11 is 0. The maximum Gasteiger partial charge on any atom is 0.126 e. The van der Waals surface area contributed by atoms with Crippen molar-refractivity contribution >= 4 is 5.57 Å². The minimum Gasteiger partial charge on any atom is -0.207 e. The fraction of sp³-hybridized carbons (Fsp3) is 0.417. The van der Waals surface area contributed by atoms with Crippen LogP contribution in [0.2, 0.25) is 0 Å².